The number of carbonyl (C=O) groups excluding carboxylic acids is 1. The van der Waals surface area contributed by atoms with Crippen molar-refractivity contribution in [3.05, 3.63) is 81.1 Å². The van der Waals surface area contributed by atoms with Crippen molar-refractivity contribution in [2.75, 3.05) is 11.9 Å². The number of hydrogen-bond acceptors (Lipinski definition) is 5. The molecule has 1 unspecified atom stereocenters. The molecule has 31 heavy (non-hydrogen) atoms. The van der Waals surface area contributed by atoms with E-state index in [1.807, 2.05) is 49.4 Å². The second-order valence-electron chi connectivity index (χ2n) is 7.63. The molecule has 1 amide bonds. The van der Waals surface area contributed by atoms with Crippen molar-refractivity contribution in [3.63, 3.8) is 0 Å². The van der Waals surface area contributed by atoms with Crippen LogP contribution in [0.1, 0.15) is 47.9 Å². The van der Waals surface area contributed by atoms with E-state index in [2.05, 4.69) is 28.3 Å². The molecule has 2 N–H and O–H groups in total. The first-order valence-corrected chi connectivity index (χ1v) is 11.4. The summed E-state index contributed by atoms with van der Waals surface area (Å²) in [5.74, 6) is 1.33. The van der Waals surface area contributed by atoms with Gasteiger partial charge in [-0.3, -0.25) is 9.59 Å². The van der Waals surface area contributed by atoms with Crippen LogP contribution in [0.25, 0.3) is 0 Å². The van der Waals surface area contributed by atoms with E-state index in [0.717, 1.165) is 23.3 Å². The van der Waals surface area contributed by atoms with Crippen molar-refractivity contribution in [1.29, 1.82) is 0 Å². The molecule has 7 heteroatoms. The summed E-state index contributed by atoms with van der Waals surface area (Å²) in [4.78, 5) is 32.8. The molecule has 6 nitrogen and oxygen atoms in total. The Hall–Kier alpha value is -3.06. The lowest BCUT2D eigenvalue weighted by Gasteiger charge is -2.24. The van der Waals surface area contributed by atoms with Gasteiger partial charge in [0.05, 0.1) is 12.2 Å². The Bertz CT molecular complexity index is 1140. The number of carbonyl (C=O) groups is 1. The number of nitrogens with zero attached hydrogens (tertiary/aromatic N) is 1. The Kier molecular flexibility index (Phi) is 6.42. The lowest BCUT2D eigenvalue weighted by Crippen LogP contribution is -2.31. The number of hydrogen-bond donors (Lipinski definition) is 2. The number of rotatable bonds is 7. The van der Waals surface area contributed by atoms with Crippen molar-refractivity contribution < 1.29 is 9.53 Å². The lowest BCUT2D eigenvalue weighted by atomic mass is 9.87. The molecular weight excluding hydrogens is 410 g/mol. The van der Waals surface area contributed by atoms with Crippen LogP contribution in [0.2, 0.25) is 0 Å². The van der Waals surface area contributed by atoms with Crippen LogP contribution in [0.3, 0.4) is 0 Å². The molecule has 1 aliphatic rings. The van der Waals surface area contributed by atoms with E-state index in [9.17, 15) is 9.59 Å². The van der Waals surface area contributed by atoms with Crippen LogP contribution >= 0.6 is 11.8 Å². The van der Waals surface area contributed by atoms with Gasteiger partial charge in [-0.1, -0.05) is 60.6 Å². The molecule has 1 aliphatic heterocycles. The van der Waals surface area contributed by atoms with Crippen molar-refractivity contribution in [2.45, 2.75) is 43.5 Å². The number of anilines is 1. The Morgan fingerprint density at radius 3 is 2.71 bits per heavy atom. The number of nitrogens with one attached hydrogen (secondary N) is 2. The maximum atomic E-state index is 13.0. The van der Waals surface area contributed by atoms with Gasteiger partial charge in [0, 0.05) is 18.1 Å². The van der Waals surface area contributed by atoms with Gasteiger partial charge in [0.25, 0.3) is 5.56 Å². The summed E-state index contributed by atoms with van der Waals surface area (Å²) in [5, 5.41) is 3.27. The molecule has 0 saturated heterocycles. The van der Waals surface area contributed by atoms with Gasteiger partial charge in [-0.25, -0.2) is 4.98 Å². The molecular formula is C24H25N3O3S. The van der Waals surface area contributed by atoms with Crippen molar-refractivity contribution in [3.8, 4) is 5.75 Å². The third-order valence-corrected chi connectivity index (χ3v) is 6.09. The van der Waals surface area contributed by atoms with Crippen LogP contribution in [-0.4, -0.2) is 22.5 Å². The van der Waals surface area contributed by atoms with E-state index in [4.69, 9.17) is 4.74 Å². The monoisotopic (exact) mass is 435 g/mol. The number of aromatic amines is 1. The van der Waals surface area contributed by atoms with E-state index < -0.39 is 0 Å². The molecule has 1 atom stereocenters. The Morgan fingerprint density at radius 2 is 1.97 bits per heavy atom. The maximum Gasteiger partial charge on any atom is 0.257 e. The predicted molar refractivity (Wildman–Crippen MR) is 123 cm³/mol. The van der Waals surface area contributed by atoms with Crippen molar-refractivity contribution >= 4 is 23.5 Å². The molecule has 0 radical (unpaired) electrons. The minimum absolute atomic E-state index is 0.142. The van der Waals surface area contributed by atoms with Crippen molar-refractivity contribution in [1.82, 2.24) is 9.97 Å². The smallest absolute Gasteiger partial charge is 0.257 e. The number of aromatic nitrogens is 2. The molecule has 3 aromatic rings. The largest absolute Gasteiger partial charge is 0.494 e. The van der Waals surface area contributed by atoms with Gasteiger partial charge in [-0.05, 0) is 36.6 Å². The summed E-state index contributed by atoms with van der Waals surface area (Å²) < 4.78 is 5.64. The summed E-state index contributed by atoms with van der Waals surface area (Å²) in [6.07, 6.45) is 1.14. The summed E-state index contributed by atoms with van der Waals surface area (Å²) >= 11 is 1.44. The molecule has 4 rings (SSSR count). The summed E-state index contributed by atoms with van der Waals surface area (Å²) in [7, 11) is 0. The van der Waals surface area contributed by atoms with Gasteiger partial charge in [0.1, 0.15) is 11.6 Å². The third kappa shape index (κ3) is 4.99. The quantitative estimate of drug-likeness (QED) is 0.417. The van der Waals surface area contributed by atoms with E-state index >= 15 is 0 Å². The first kappa shape index (κ1) is 21.2. The molecule has 1 aromatic heterocycles. The summed E-state index contributed by atoms with van der Waals surface area (Å²) in [5.41, 5.74) is 3.52. The number of H-pyrrole nitrogens is 1. The number of aryl methyl sites for hydroxylation is 1. The molecule has 2 aromatic carbocycles. The fraction of sp³-hybridized carbons (Fsp3) is 0.292. The van der Waals surface area contributed by atoms with Crippen LogP contribution in [0.4, 0.5) is 5.82 Å². The van der Waals surface area contributed by atoms with Gasteiger partial charge in [0.15, 0.2) is 5.16 Å². The lowest BCUT2D eigenvalue weighted by molar-refractivity contribution is -0.116. The van der Waals surface area contributed by atoms with E-state index in [-0.39, 0.29) is 23.8 Å². The third-order valence-electron chi connectivity index (χ3n) is 5.14. The zero-order valence-electron chi connectivity index (χ0n) is 17.6. The van der Waals surface area contributed by atoms with Crippen molar-refractivity contribution in [2.24, 2.45) is 0 Å². The van der Waals surface area contributed by atoms with Gasteiger partial charge in [-0.15, -0.1) is 0 Å². The van der Waals surface area contributed by atoms with Crippen LogP contribution in [0, 0.1) is 6.92 Å². The Balaban J connectivity index is 1.59. The molecule has 0 saturated carbocycles. The highest BCUT2D eigenvalue weighted by molar-refractivity contribution is 7.98. The van der Waals surface area contributed by atoms with Gasteiger partial charge < -0.3 is 15.0 Å². The molecule has 2 heterocycles. The number of thioether (sulfide) groups is 1. The second-order valence-corrected chi connectivity index (χ2v) is 8.60. The minimum atomic E-state index is -0.337. The molecule has 0 aliphatic carbocycles. The molecule has 0 fully saturated rings. The van der Waals surface area contributed by atoms with Crippen LogP contribution in [-0.2, 0) is 10.5 Å². The predicted octanol–water partition coefficient (Wildman–Crippen LogP) is 4.63. The van der Waals surface area contributed by atoms with Gasteiger partial charge >= 0.3 is 0 Å². The number of fused-ring (bicyclic) bond motifs is 1. The van der Waals surface area contributed by atoms with Crippen LogP contribution < -0.4 is 15.6 Å². The molecule has 160 valence electrons. The summed E-state index contributed by atoms with van der Waals surface area (Å²) in [6, 6.07) is 15.8. The van der Waals surface area contributed by atoms with Crippen LogP contribution in [0.5, 0.6) is 5.75 Å². The second kappa shape index (κ2) is 9.39. The first-order valence-electron chi connectivity index (χ1n) is 10.4. The highest BCUT2D eigenvalue weighted by atomic mass is 32.2. The standard InChI is InChI=1S/C24H25N3O3S/c1-3-11-30-18-9-7-17(8-10-18)19-13-20(28)25-22-21(19)23(29)27-24(26-22)31-14-16-6-4-5-15(2)12-16/h4-10,12,19H,3,11,13-14H2,1-2H3,(H2,25,26,27,28,29). The van der Waals surface area contributed by atoms with E-state index in [1.54, 1.807) is 0 Å². The normalized spacial score (nSPS) is 15.3. The highest BCUT2D eigenvalue weighted by Crippen LogP contribution is 2.35. The SMILES string of the molecule is CCCOc1ccc(C2CC(=O)Nc3nc(SCc4cccc(C)c4)[nH]c(=O)c32)cc1. The number of amides is 1. The fourth-order valence-electron chi connectivity index (χ4n) is 3.67. The molecule has 0 spiro atoms. The topological polar surface area (TPSA) is 84.1 Å². The van der Waals surface area contributed by atoms with E-state index in [0.29, 0.717) is 28.9 Å². The average molecular weight is 436 g/mol. The van der Waals surface area contributed by atoms with Crippen LogP contribution in [0.15, 0.2) is 58.5 Å². The Labute approximate surface area is 185 Å². The zero-order valence-corrected chi connectivity index (χ0v) is 18.4. The minimum Gasteiger partial charge on any atom is -0.494 e. The number of benzene rings is 2. The highest BCUT2D eigenvalue weighted by Gasteiger charge is 2.31. The molecule has 0 bridgehead atoms. The first-order chi connectivity index (χ1) is 15.0. The fourth-order valence-corrected chi connectivity index (χ4v) is 4.48. The Morgan fingerprint density at radius 1 is 1.16 bits per heavy atom. The zero-order chi connectivity index (χ0) is 21.8. The number of ether oxygens (including phenoxy) is 1. The van der Waals surface area contributed by atoms with Gasteiger partial charge in [-0.2, -0.15) is 0 Å². The van der Waals surface area contributed by atoms with Gasteiger partial charge in [0.2, 0.25) is 5.91 Å². The maximum absolute atomic E-state index is 13.0. The van der Waals surface area contributed by atoms with E-state index in [1.165, 1.54) is 17.3 Å². The average Bonchev–Trinajstić information content (AvgIpc) is 2.76. The summed E-state index contributed by atoms with van der Waals surface area (Å²) in [6.45, 7) is 4.75.